The minimum absolute atomic E-state index is 0.563. The van der Waals surface area contributed by atoms with Crippen LogP contribution in [0.15, 0.2) is 0 Å². The first-order valence-corrected chi connectivity index (χ1v) is 4.08. The van der Waals surface area contributed by atoms with E-state index in [2.05, 4.69) is 4.74 Å². The van der Waals surface area contributed by atoms with E-state index in [1.54, 1.807) is 20.8 Å². The Hall–Kier alpha value is -1.14. The summed E-state index contributed by atoms with van der Waals surface area (Å²) in [6, 6.07) is 0. The molecule has 1 heterocycles. The van der Waals surface area contributed by atoms with Crippen LogP contribution >= 0.6 is 0 Å². The van der Waals surface area contributed by atoms with E-state index in [1.165, 1.54) is 0 Å². The molecule has 1 N–H and O–H groups in total. The molecule has 6 nitrogen and oxygen atoms in total. The van der Waals surface area contributed by atoms with Crippen molar-refractivity contribution in [1.82, 2.24) is 5.06 Å². The van der Waals surface area contributed by atoms with Crippen molar-refractivity contribution in [2.75, 3.05) is 7.11 Å². The van der Waals surface area contributed by atoms with Gasteiger partial charge in [-0.3, -0.25) is 0 Å². The first-order valence-electron chi connectivity index (χ1n) is 4.08. The summed E-state index contributed by atoms with van der Waals surface area (Å²) in [6.45, 7) is 5.21. The van der Waals surface area contributed by atoms with Gasteiger partial charge >= 0.3 is 17.7 Å². The molecule has 1 aliphatic heterocycles. The maximum absolute atomic E-state index is 11.2. The Labute approximate surface area is 81.3 Å². The summed E-state index contributed by atoms with van der Waals surface area (Å²) in [4.78, 5) is 26.9. The predicted molar refractivity (Wildman–Crippen MR) is 45.1 cm³/mol. The molecule has 0 saturated carbocycles. The van der Waals surface area contributed by atoms with E-state index < -0.39 is 23.2 Å². The first-order chi connectivity index (χ1) is 6.26. The highest BCUT2D eigenvalue weighted by Gasteiger charge is 2.73. The van der Waals surface area contributed by atoms with Crippen molar-refractivity contribution in [3.63, 3.8) is 0 Å². The maximum Gasteiger partial charge on any atom is 0.370 e. The van der Waals surface area contributed by atoms with Crippen molar-refractivity contribution in [2.45, 2.75) is 32.0 Å². The lowest BCUT2D eigenvalue weighted by molar-refractivity contribution is -0.159. The average molecular weight is 203 g/mol. The fraction of sp³-hybridized carbons (Fsp3) is 0.750. The van der Waals surface area contributed by atoms with E-state index in [-0.39, 0.29) is 0 Å². The highest BCUT2D eigenvalue weighted by molar-refractivity contribution is 6.04. The van der Waals surface area contributed by atoms with Crippen molar-refractivity contribution in [1.29, 1.82) is 0 Å². The Morgan fingerprint density at radius 2 is 1.93 bits per heavy atom. The summed E-state index contributed by atoms with van der Waals surface area (Å²) in [5, 5.41) is 9.98. The molecule has 2 unspecified atom stereocenters. The van der Waals surface area contributed by atoms with Crippen LogP contribution in [0.25, 0.3) is 0 Å². The van der Waals surface area contributed by atoms with Gasteiger partial charge in [0, 0.05) is 5.54 Å². The maximum atomic E-state index is 11.2. The predicted octanol–water partition coefficient (Wildman–Crippen LogP) is -0.0140. The third kappa shape index (κ3) is 1.36. The minimum atomic E-state index is -1.95. The van der Waals surface area contributed by atoms with Crippen LogP contribution in [0.3, 0.4) is 0 Å². The Kier molecular flexibility index (Phi) is 2.29. The van der Waals surface area contributed by atoms with Crippen molar-refractivity contribution in [3.05, 3.63) is 0 Å². The van der Waals surface area contributed by atoms with Crippen molar-refractivity contribution in [2.24, 2.45) is 0 Å². The molecule has 6 heteroatoms. The van der Waals surface area contributed by atoms with Gasteiger partial charge in [-0.15, -0.1) is 5.06 Å². The van der Waals surface area contributed by atoms with Gasteiger partial charge < -0.3 is 9.84 Å². The van der Waals surface area contributed by atoms with Crippen molar-refractivity contribution < 1.29 is 24.3 Å². The van der Waals surface area contributed by atoms with Crippen molar-refractivity contribution in [3.8, 4) is 0 Å². The number of hydrogen-bond acceptors (Lipinski definition) is 5. The normalized spacial score (nSPS) is 31.0. The molecule has 2 atom stereocenters. The monoisotopic (exact) mass is 203 g/mol. The average Bonchev–Trinajstić information content (AvgIpc) is 2.77. The second kappa shape index (κ2) is 2.93. The number of methoxy groups -OCH3 is 1. The van der Waals surface area contributed by atoms with Crippen LogP contribution in [-0.4, -0.2) is 40.5 Å². The molecule has 1 rings (SSSR count). The molecular formula is C8H13NO5. The fourth-order valence-electron chi connectivity index (χ4n) is 1.19. The summed E-state index contributed by atoms with van der Waals surface area (Å²) < 4.78 is 4.38. The van der Waals surface area contributed by atoms with Crippen LogP contribution in [-0.2, 0) is 19.2 Å². The Balaban J connectivity index is 2.93. The second-order valence-electron chi connectivity index (χ2n) is 4.00. The van der Waals surface area contributed by atoms with Gasteiger partial charge in [0.2, 0.25) is 0 Å². The Morgan fingerprint density at radius 1 is 1.43 bits per heavy atom. The molecule has 0 radical (unpaired) electrons. The largest absolute Gasteiger partial charge is 0.477 e. The quantitative estimate of drug-likeness (QED) is 0.386. The number of hydrogen-bond donors (Lipinski definition) is 1. The van der Waals surface area contributed by atoms with Crippen LogP contribution in [0.2, 0.25) is 0 Å². The number of carbonyl (C=O) groups is 2. The molecule has 0 bridgehead atoms. The summed E-state index contributed by atoms with van der Waals surface area (Å²) in [5.74, 6) is -2.28. The van der Waals surface area contributed by atoms with E-state index in [1.807, 2.05) is 0 Å². The zero-order valence-electron chi connectivity index (χ0n) is 8.53. The molecule has 0 aromatic rings. The Bertz CT molecular complexity index is 282. The van der Waals surface area contributed by atoms with Crippen LogP contribution in [0.1, 0.15) is 20.8 Å². The zero-order valence-corrected chi connectivity index (χ0v) is 8.53. The van der Waals surface area contributed by atoms with Gasteiger partial charge in [0.05, 0.1) is 7.11 Å². The standard InChI is InChI=1S/C8H13NO5/c1-7(2,3)9-8(14-9,5(10)11)6(12)13-4/h1-4H3,(H,10,11). The van der Waals surface area contributed by atoms with Gasteiger partial charge in [0.25, 0.3) is 0 Å². The number of aliphatic carboxylic acids is 1. The van der Waals surface area contributed by atoms with Crippen LogP contribution in [0.5, 0.6) is 0 Å². The lowest BCUT2D eigenvalue weighted by Crippen LogP contribution is -2.44. The molecule has 0 aromatic heterocycles. The number of nitrogens with zero attached hydrogens (tertiary/aromatic N) is 1. The minimum Gasteiger partial charge on any atom is -0.477 e. The van der Waals surface area contributed by atoms with Gasteiger partial charge in [-0.25, -0.2) is 14.4 Å². The summed E-state index contributed by atoms with van der Waals surface area (Å²) in [7, 11) is 1.12. The van der Waals surface area contributed by atoms with E-state index in [9.17, 15) is 9.59 Å². The van der Waals surface area contributed by atoms with Crippen LogP contribution in [0, 0.1) is 0 Å². The molecule has 0 aromatic carbocycles. The van der Waals surface area contributed by atoms with Gasteiger partial charge in [0.1, 0.15) is 0 Å². The van der Waals surface area contributed by atoms with E-state index in [0.29, 0.717) is 0 Å². The number of rotatable bonds is 2. The number of carboxylic acid groups (broad SMARTS) is 1. The third-order valence-electron chi connectivity index (χ3n) is 1.84. The third-order valence-corrected chi connectivity index (χ3v) is 1.84. The van der Waals surface area contributed by atoms with Crippen molar-refractivity contribution >= 4 is 11.9 Å². The molecule has 0 aliphatic carbocycles. The number of carbonyl (C=O) groups excluding carboxylic acids is 1. The molecule has 0 spiro atoms. The smallest absolute Gasteiger partial charge is 0.370 e. The van der Waals surface area contributed by atoms with Crippen LogP contribution < -0.4 is 0 Å². The number of carboxylic acids is 1. The fourth-order valence-corrected chi connectivity index (χ4v) is 1.19. The lowest BCUT2D eigenvalue weighted by atomic mass is 10.1. The highest BCUT2D eigenvalue weighted by Crippen LogP contribution is 2.42. The highest BCUT2D eigenvalue weighted by atomic mass is 16.9. The summed E-state index contributed by atoms with van der Waals surface area (Å²) >= 11 is 0. The summed E-state index contributed by atoms with van der Waals surface area (Å²) in [5.41, 5.74) is -2.51. The number of ether oxygens (including phenoxy) is 1. The molecule has 80 valence electrons. The van der Waals surface area contributed by atoms with Crippen LogP contribution in [0.4, 0.5) is 0 Å². The molecule has 14 heavy (non-hydrogen) atoms. The van der Waals surface area contributed by atoms with Gasteiger partial charge in [-0.05, 0) is 20.8 Å². The van der Waals surface area contributed by atoms with E-state index in [0.717, 1.165) is 12.2 Å². The molecular weight excluding hydrogens is 190 g/mol. The molecule has 0 amide bonds. The van der Waals surface area contributed by atoms with E-state index >= 15 is 0 Å². The Morgan fingerprint density at radius 3 is 2.14 bits per heavy atom. The van der Waals surface area contributed by atoms with E-state index in [4.69, 9.17) is 9.94 Å². The topological polar surface area (TPSA) is 79.1 Å². The molecule has 1 saturated heterocycles. The SMILES string of the molecule is COC(=O)C1(C(=O)O)ON1C(C)(C)C. The second-order valence-corrected chi connectivity index (χ2v) is 4.00. The zero-order chi connectivity index (χ0) is 11.1. The number of esters is 1. The first kappa shape index (κ1) is 10.9. The number of hydroxylamine groups is 2. The molecule has 1 fully saturated rings. The lowest BCUT2D eigenvalue weighted by Gasteiger charge is -2.18. The molecule has 1 aliphatic rings. The van der Waals surface area contributed by atoms with Gasteiger partial charge in [-0.1, -0.05) is 0 Å². The van der Waals surface area contributed by atoms with Gasteiger partial charge in [0.15, 0.2) is 0 Å². The van der Waals surface area contributed by atoms with Gasteiger partial charge in [-0.2, -0.15) is 0 Å². The summed E-state index contributed by atoms with van der Waals surface area (Å²) in [6.07, 6.45) is 0.